The van der Waals surface area contributed by atoms with Crippen LogP contribution in [0.4, 0.5) is 0 Å². The zero-order chi connectivity index (χ0) is 13.2. The van der Waals surface area contributed by atoms with Crippen molar-refractivity contribution in [2.75, 3.05) is 7.11 Å². The van der Waals surface area contributed by atoms with Gasteiger partial charge in [0.05, 0.1) is 6.61 Å². The maximum Gasteiger partial charge on any atom is 0.161 e. The number of aromatic nitrogens is 2. The van der Waals surface area contributed by atoms with Crippen LogP contribution in [-0.4, -0.2) is 17.1 Å². The number of rotatable bonds is 4. The van der Waals surface area contributed by atoms with Gasteiger partial charge in [-0.1, -0.05) is 35.9 Å². The van der Waals surface area contributed by atoms with Crippen LogP contribution < -0.4 is 0 Å². The second kappa shape index (κ2) is 5.27. The summed E-state index contributed by atoms with van der Waals surface area (Å²) in [5.74, 6) is 1.28. The van der Waals surface area contributed by atoms with Crippen molar-refractivity contribution in [3.8, 4) is 11.4 Å². The van der Waals surface area contributed by atoms with E-state index in [1.54, 1.807) is 7.11 Å². The average Bonchev–Trinajstić information content (AvgIpc) is 3.23. The lowest BCUT2D eigenvalue weighted by Crippen LogP contribution is -1.95. The first-order valence-electron chi connectivity index (χ1n) is 6.39. The minimum absolute atomic E-state index is 0.521. The summed E-state index contributed by atoms with van der Waals surface area (Å²) in [6, 6.07) is 9.95. The first-order valence-corrected chi connectivity index (χ1v) is 6.77. The Morgan fingerprint density at radius 1 is 1.21 bits per heavy atom. The third-order valence-corrected chi connectivity index (χ3v) is 3.43. The molecule has 0 saturated heterocycles. The van der Waals surface area contributed by atoms with Crippen LogP contribution in [0.3, 0.4) is 0 Å². The molecule has 1 aliphatic carbocycles. The van der Waals surface area contributed by atoms with Crippen molar-refractivity contribution in [2.45, 2.75) is 25.4 Å². The van der Waals surface area contributed by atoms with E-state index in [-0.39, 0.29) is 0 Å². The molecule has 0 aliphatic heterocycles. The fourth-order valence-electron chi connectivity index (χ4n) is 2.07. The first-order chi connectivity index (χ1) is 9.26. The standard InChI is InChI=1S/C15H15ClN2O/c1-19-9-10-2-4-12(5-3-10)15-17-13(11-6-7-11)8-14(16)18-15/h2-5,8,11H,6-7,9H2,1H3. The van der Waals surface area contributed by atoms with Crippen molar-refractivity contribution in [2.24, 2.45) is 0 Å². The quantitative estimate of drug-likeness (QED) is 0.795. The predicted octanol–water partition coefficient (Wildman–Crippen LogP) is 3.82. The largest absolute Gasteiger partial charge is 0.380 e. The third-order valence-electron chi connectivity index (χ3n) is 3.23. The van der Waals surface area contributed by atoms with Gasteiger partial charge < -0.3 is 4.74 Å². The van der Waals surface area contributed by atoms with E-state index >= 15 is 0 Å². The molecular formula is C15H15ClN2O. The normalized spacial score (nSPS) is 14.6. The molecule has 0 amide bonds. The highest BCUT2D eigenvalue weighted by Crippen LogP contribution is 2.40. The minimum atomic E-state index is 0.521. The molecule has 1 aromatic heterocycles. The molecule has 2 aromatic rings. The van der Waals surface area contributed by atoms with Crippen molar-refractivity contribution < 1.29 is 4.74 Å². The van der Waals surface area contributed by atoms with Crippen LogP contribution in [0.25, 0.3) is 11.4 Å². The van der Waals surface area contributed by atoms with Gasteiger partial charge in [-0.15, -0.1) is 0 Å². The van der Waals surface area contributed by atoms with E-state index in [0.29, 0.717) is 23.5 Å². The molecule has 0 spiro atoms. The summed E-state index contributed by atoms with van der Waals surface area (Å²) in [5, 5.41) is 0.521. The number of hydrogen-bond donors (Lipinski definition) is 0. The number of benzene rings is 1. The van der Waals surface area contributed by atoms with Gasteiger partial charge in [0.1, 0.15) is 5.15 Å². The molecular weight excluding hydrogens is 260 g/mol. The van der Waals surface area contributed by atoms with Gasteiger partial charge >= 0.3 is 0 Å². The van der Waals surface area contributed by atoms with Crippen LogP contribution in [0, 0.1) is 0 Å². The molecule has 0 bridgehead atoms. The Labute approximate surface area is 117 Å². The average molecular weight is 275 g/mol. The Morgan fingerprint density at radius 2 is 1.95 bits per heavy atom. The van der Waals surface area contributed by atoms with Crippen LogP contribution >= 0.6 is 11.6 Å². The summed E-state index contributed by atoms with van der Waals surface area (Å²) in [4.78, 5) is 8.93. The molecule has 0 atom stereocenters. The third kappa shape index (κ3) is 2.94. The lowest BCUT2D eigenvalue weighted by molar-refractivity contribution is 0.185. The highest BCUT2D eigenvalue weighted by atomic mass is 35.5. The number of methoxy groups -OCH3 is 1. The van der Waals surface area contributed by atoms with Crippen molar-refractivity contribution in [1.82, 2.24) is 9.97 Å². The van der Waals surface area contributed by atoms with Gasteiger partial charge in [0.15, 0.2) is 5.82 Å². The molecule has 3 nitrogen and oxygen atoms in total. The first kappa shape index (κ1) is 12.6. The molecule has 1 fully saturated rings. The zero-order valence-electron chi connectivity index (χ0n) is 10.8. The Balaban J connectivity index is 1.92. The monoisotopic (exact) mass is 274 g/mol. The SMILES string of the molecule is COCc1ccc(-c2nc(Cl)cc(C3CC3)n2)cc1. The minimum Gasteiger partial charge on any atom is -0.380 e. The highest BCUT2D eigenvalue weighted by molar-refractivity contribution is 6.29. The van der Waals surface area contributed by atoms with Gasteiger partial charge in [0.25, 0.3) is 0 Å². The lowest BCUT2D eigenvalue weighted by Gasteiger charge is -2.05. The molecule has 3 rings (SSSR count). The number of ether oxygens (including phenoxy) is 1. The molecule has 1 saturated carbocycles. The van der Waals surface area contributed by atoms with Gasteiger partial charge in [-0.05, 0) is 24.5 Å². The summed E-state index contributed by atoms with van der Waals surface area (Å²) in [6.07, 6.45) is 2.42. The number of hydrogen-bond acceptors (Lipinski definition) is 3. The van der Waals surface area contributed by atoms with Gasteiger partial charge in [-0.2, -0.15) is 0 Å². The second-order valence-corrected chi connectivity index (χ2v) is 5.23. The molecule has 4 heteroatoms. The summed E-state index contributed by atoms with van der Waals surface area (Å²) in [5.41, 5.74) is 3.19. The van der Waals surface area contributed by atoms with Gasteiger partial charge in [-0.3, -0.25) is 0 Å². The molecule has 1 heterocycles. The fourth-order valence-corrected chi connectivity index (χ4v) is 2.26. The maximum atomic E-state index is 6.08. The van der Waals surface area contributed by atoms with E-state index in [2.05, 4.69) is 9.97 Å². The van der Waals surface area contributed by atoms with Gasteiger partial charge in [-0.25, -0.2) is 9.97 Å². The number of halogens is 1. The lowest BCUT2D eigenvalue weighted by atomic mass is 10.1. The smallest absolute Gasteiger partial charge is 0.161 e. The molecule has 1 aromatic carbocycles. The van der Waals surface area contributed by atoms with Crippen LogP contribution in [-0.2, 0) is 11.3 Å². The number of nitrogens with zero attached hydrogens (tertiary/aromatic N) is 2. The Kier molecular flexibility index (Phi) is 3.49. The van der Waals surface area contributed by atoms with E-state index in [1.165, 1.54) is 12.8 Å². The molecule has 1 aliphatic rings. The summed E-state index contributed by atoms with van der Waals surface area (Å²) >= 11 is 6.08. The summed E-state index contributed by atoms with van der Waals surface area (Å²) in [7, 11) is 1.69. The van der Waals surface area contributed by atoms with Crippen molar-refractivity contribution in [3.05, 3.63) is 46.7 Å². The van der Waals surface area contributed by atoms with E-state index in [1.807, 2.05) is 30.3 Å². The molecule has 19 heavy (non-hydrogen) atoms. The Bertz CT molecular complexity index is 579. The molecule has 0 N–H and O–H groups in total. The maximum absolute atomic E-state index is 6.08. The van der Waals surface area contributed by atoms with Gasteiger partial charge in [0, 0.05) is 24.3 Å². The summed E-state index contributed by atoms with van der Waals surface area (Å²) in [6.45, 7) is 0.615. The highest BCUT2D eigenvalue weighted by Gasteiger charge is 2.26. The van der Waals surface area contributed by atoms with Crippen molar-refractivity contribution >= 4 is 11.6 Å². The zero-order valence-corrected chi connectivity index (χ0v) is 11.5. The van der Waals surface area contributed by atoms with Crippen LogP contribution in [0.5, 0.6) is 0 Å². The molecule has 0 unspecified atom stereocenters. The molecule has 98 valence electrons. The molecule has 0 radical (unpaired) electrons. The van der Waals surface area contributed by atoms with E-state index in [4.69, 9.17) is 16.3 Å². The predicted molar refractivity (Wildman–Crippen MR) is 75.2 cm³/mol. The van der Waals surface area contributed by atoms with Crippen molar-refractivity contribution in [3.63, 3.8) is 0 Å². The van der Waals surface area contributed by atoms with Gasteiger partial charge in [0.2, 0.25) is 0 Å². The van der Waals surface area contributed by atoms with E-state index < -0.39 is 0 Å². The fraction of sp³-hybridized carbons (Fsp3) is 0.333. The van der Waals surface area contributed by atoms with Crippen LogP contribution in [0.15, 0.2) is 30.3 Å². The van der Waals surface area contributed by atoms with Crippen LogP contribution in [0.2, 0.25) is 5.15 Å². The second-order valence-electron chi connectivity index (χ2n) is 4.84. The van der Waals surface area contributed by atoms with Crippen LogP contribution in [0.1, 0.15) is 30.0 Å². The van der Waals surface area contributed by atoms with E-state index in [9.17, 15) is 0 Å². The van der Waals surface area contributed by atoms with E-state index in [0.717, 1.165) is 16.8 Å². The Hall–Kier alpha value is -1.45. The summed E-state index contributed by atoms with van der Waals surface area (Å²) < 4.78 is 5.10. The topological polar surface area (TPSA) is 35.0 Å². The van der Waals surface area contributed by atoms with Crippen molar-refractivity contribution in [1.29, 1.82) is 0 Å². The Morgan fingerprint density at radius 3 is 2.58 bits per heavy atom.